The zero-order valence-electron chi connectivity index (χ0n) is 10.5. The van der Waals surface area contributed by atoms with Crippen LogP contribution in [0.1, 0.15) is 24.4 Å². The molecule has 0 aliphatic carbocycles. The molecule has 0 radical (unpaired) electrons. The van der Waals surface area contributed by atoms with Crippen LogP contribution in [-0.4, -0.2) is 20.3 Å². The van der Waals surface area contributed by atoms with E-state index in [1.807, 2.05) is 0 Å². The average Bonchev–Trinajstić information content (AvgIpc) is 2.42. The van der Waals surface area contributed by atoms with Crippen molar-refractivity contribution in [3.8, 4) is 5.75 Å². The lowest BCUT2D eigenvalue weighted by molar-refractivity contribution is 0.0385. The molecule has 2 atom stereocenters. The lowest BCUT2D eigenvalue weighted by atomic mass is 9.89. The Bertz CT molecular complexity index is 395. The Kier molecular flexibility index (Phi) is 4.52. The van der Waals surface area contributed by atoms with E-state index in [4.69, 9.17) is 15.3 Å². The largest absolute Gasteiger partial charge is 0.497 e. The summed E-state index contributed by atoms with van der Waals surface area (Å²) in [5.41, 5.74) is 3.27. The molecule has 1 heterocycles. The van der Waals surface area contributed by atoms with Crippen molar-refractivity contribution < 1.29 is 13.9 Å². The standard InChI is InChI=1S/C13H19FN2O2/c1-17-10-4-5-11(12(14)7-10)13(16-15)9-3-2-6-18-8-9/h4-5,7,9,13,16H,2-3,6,8,15H2,1H3. The van der Waals surface area contributed by atoms with Gasteiger partial charge in [0.1, 0.15) is 11.6 Å². The van der Waals surface area contributed by atoms with Gasteiger partial charge in [-0.05, 0) is 18.9 Å². The molecule has 0 bridgehead atoms. The summed E-state index contributed by atoms with van der Waals surface area (Å²) < 4.78 is 24.4. The SMILES string of the molecule is COc1ccc(C(NN)C2CCCOC2)c(F)c1. The molecule has 0 aromatic heterocycles. The summed E-state index contributed by atoms with van der Waals surface area (Å²) >= 11 is 0. The van der Waals surface area contributed by atoms with E-state index < -0.39 is 0 Å². The van der Waals surface area contributed by atoms with E-state index in [9.17, 15) is 4.39 Å². The quantitative estimate of drug-likeness (QED) is 0.635. The number of benzene rings is 1. The second-order valence-corrected chi connectivity index (χ2v) is 4.51. The summed E-state index contributed by atoms with van der Waals surface area (Å²) in [5.74, 6) is 5.98. The molecule has 0 saturated carbocycles. The highest BCUT2D eigenvalue weighted by Crippen LogP contribution is 2.31. The van der Waals surface area contributed by atoms with Crippen LogP contribution in [-0.2, 0) is 4.74 Å². The highest BCUT2D eigenvalue weighted by molar-refractivity contribution is 5.31. The topological polar surface area (TPSA) is 56.5 Å². The molecule has 3 N–H and O–H groups in total. The number of nitrogens with two attached hydrogens (primary N) is 1. The number of methoxy groups -OCH3 is 1. The third-order valence-electron chi connectivity index (χ3n) is 3.39. The Morgan fingerprint density at radius 2 is 2.39 bits per heavy atom. The van der Waals surface area contributed by atoms with E-state index in [1.165, 1.54) is 13.2 Å². The minimum absolute atomic E-state index is 0.201. The highest BCUT2D eigenvalue weighted by atomic mass is 19.1. The van der Waals surface area contributed by atoms with Crippen LogP contribution in [0, 0.1) is 11.7 Å². The lowest BCUT2D eigenvalue weighted by Crippen LogP contribution is -2.37. The number of hydrazine groups is 1. The Morgan fingerprint density at radius 3 is 2.94 bits per heavy atom. The third-order valence-corrected chi connectivity index (χ3v) is 3.39. The van der Waals surface area contributed by atoms with Gasteiger partial charge in [0.05, 0.1) is 19.8 Å². The van der Waals surface area contributed by atoms with E-state index in [0.717, 1.165) is 19.4 Å². The molecule has 1 aliphatic heterocycles. The van der Waals surface area contributed by atoms with Crippen molar-refractivity contribution in [2.45, 2.75) is 18.9 Å². The molecule has 1 saturated heterocycles. The van der Waals surface area contributed by atoms with Crippen molar-refractivity contribution >= 4 is 0 Å². The zero-order valence-corrected chi connectivity index (χ0v) is 10.5. The first kappa shape index (κ1) is 13.3. The molecule has 0 amide bonds. The molecule has 4 nitrogen and oxygen atoms in total. The second-order valence-electron chi connectivity index (χ2n) is 4.51. The summed E-state index contributed by atoms with van der Waals surface area (Å²) in [7, 11) is 1.52. The van der Waals surface area contributed by atoms with E-state index in [2.05, 4.69) is 5.43 Å². The van der Waals surface area contributed by atoms with Crippen molar-refractivity contribution in [3.05, 3.63) is 29.6 Å². The van der Waals surface area contributed by atoms with Crippen LogP contribution in [0.4, 0.5) is 4.39 Å². The summed E-state index contributed by atoms with van der Waals surface area (Å²) in [6, 6.07) is 4.61. The Hall–Kier alpha value is -1.17. The Labute approximate surface area is 106 Å². The van der Waals surface area contributed by atoms with Gasteiger partial charge in [-0.15, -0.1) is 0 Å². The summed E-state index contributed by atoms with van der Waals surface area (Å²) in [6.07, 6.45) is 1.97. The molecule has 1 aromatic carbocycles. The first-order valence-corrected chi connectivity index (χ1v) is 6.13. The number of hydrogen-bond donors (Lipinski definition) is 2. The summed E-state index contributed by atoms with van der Waals surface area (Å²) in [5, 5.41) is 0. The van der Waals surface area contributed by atoms with E-state index in [-0.39, 0.29) is 17.8 Å². The molecular formula is C13H19FN2O2. The fraction of sp³-hybridized carbons (Fsp3) is 0.538. The van der Waals surface area contributed by atoms with Crippen LogP contribution in [0.25, 0.3) is 0 Å². The third kappa shape index (κ3) is 2.80. The number of hydrogen-bond acceptors (Lipinski definition) is 4. The van der Waals surface area contributed by atoms with Crippen LogP contribution in [0.5, 0.6) is 5.75 Å². The maximum Gasteiger partial charge on any atom is 0.131 e. The van der Waals surface area contributed by atoms with Crippen molar-refractivity contribution in [3.63, 3.8) is 0 Å². The van der Waals surface area contributed by atoms with Gasteiger partial charge >= 0.3 is 0 Å². The van der Waals surface area contributed by atoms with Gasteiger partial charge in [0, 0.05) is 24.2 Å². The minimum atomic E-state index is -0.303. The number of halogens is 1. The lowest BCUT2D eigenvalue weighted by Gasteiger charge is -2.30. The maximum atomic E-state index is 14.0. The Balaban J connectivity index is 2.20. The van der Waals surface area contributed by atoms with Gasteiger partial charge in [0.2, 0.25) is 0 Å². The van der Waals surface area contributed by atoms with Crippen LogP contribution in [0.15, 0.2) is 18.2 Å². The predicted molar refractivity (Wildman–Crippen MR) is 66.6 cm³/mol. The molecule has 18 heavy (non-hydrogen) atoms. The molecule has 100 valence electrons. The fourth-order valence-electron chi connectivity index (χ4n) is 2.40. The van der Waals surface area contributed by atoms with Crippen LogP contribution < -0.4 is 16.0 Å². The molecular weight excluding hydrogens is 235 g/mol. The van der Waals surface area contributed by atoms with Gasteiger partial charge in [-0.25, -0.2) is 4.39 Å². The normalized spacial score (nSPS) is 21.6. The van der Waals surface area contributed by atoms with Crippen molar-refractivity contribution in [1.82, 2.24) is 5.43 Å². The molecule has 2 rings (SSSR count). The summed E-state index contributed by atoms with van der Waals surface area (Å²) in [6.45, 7) is 1.39. The zero-order chi connectivity index (χ0) is 13.0. The van der Waals surface area contributed by atoms with E-state index in [1.54, 1.807) is 12.1 Å². The van der Waals surface area contributed by atoms with Crippen LogP contribution in [0.3, 0.4) is 0 Å². The molecule has 0 spiro atoms. The van der Waals surface area contributed by atoms with Gasteiger partial charge in [-0.3, -0.25) is 11.3 Å². The monoisotopic (exact) mass is 254 g/mol. The van der Waals surface area contributed by atoms with Crippen molar-refractivity contribution in [2.75, 3.05) is 20.3 Å². The maximum absolute atomic E-state index is 14.0. The van der Waals surface area contributed by atoms with Gasteiger partial charge in [0.25, 0.3) is 0 Å². The Morgan fingerprint density at radius 1 is 1.56 bits per heavy atom. The van der Waals surface area contributed by atoms with Gasteiger partial charge < -0.3 is 9.47 Å². The van der Waals surface area contributed by atoms with Crippen LogP contribution >= 0.6 is 0 Å². The minimum Gasteiger partial charge on any atom is -0.497 e. The average molecular weight is 254 g/mol. The predicted octanol–water partition coefficient (Wildman–Crippen LogP) is 1.77. The van der Waals surface area contributed by atoms with Gasteiger partial charge in [-0.1, -0.05) is 6.07 Å². The smallest absolute Gasteiger partial charge is 0.131 e. The van der Waals surface area contributed by atoms with Gasteiger partial charge in [-0.2, -0.15) is 0 Å². The van der Waals surface area contributed by atoms with Crippen molar-refractivity contribution in [1.29, 1.82) is 0 Å². The first-order chi connectivity index (χ1) is 8.76. The van der Waals surface area contributed by atoms with Crippen molar-refractivity contribution in [2.24, 2.45) is 11.8 Å². The highest BCUT2D eigenvalue weighted by Gasteiger charge is 2.26. The second kappa shape index (κ2) is 6.13. The molecule has 1 fully saturated rings. The number of rotatable bonds is 4. The number of nitrogens with one attached hydrogen (secondary N) is 1. The first-order valence-electron chi connectivity index (χ1n) is 6.13. The number of ether oxygens (including phenoxy) is 2. The van der Waals surface area contributed by atoms with E-state index >= 15 is 0 Å². The molecule has 2 unspecified atom stereocenters. The van der Waals surface area contributed by atoms with Crippen LogP contribution in [0.2, 0.25) is 0 Å². The van der Waals surface area contributed by atoms with E-state index in [0.29, 0.717) is 17.9 Å². The molecule has 1 aromatic rings. The fourth-order valence-corrected chi connectivity index (χ4v) is 2.40. The molecule has 1 aliphatic rings. The molecule has 5 heteroatoms. The van der Waals surface area contributed by atoms with Gasteiger partial charge in [0.15, 0.2) is 0 Å². The summed E-state index contributed by atoms with van der Waals surface area (Å²) in [4.78, 5) is 0.